The van der Waals surface area contributed by atoms with Gasteiger partial charge in [-0.05, 0) is 62.7 Å². The zero-order valence-electron chi connectivity index (χ0n) is 16.5. The first-order valence-electron chi connectivity index (χ1n) is 10.4. The minimum absolute atomic E-state index is 0.0929. The molecule has 1 N–H and O–H groups in total. The molecule has 1 aliphatic heterocycles. The Kier molecular flexibility index (Phi) is 3.26. The fraction of sp³-hybridized carbons (Fsp3) is 0.818. The first-order valence-corrected chi connectivity index (χ1v) is 10.4. The van der Waals surface area contributed by atoms with Gasteiger partial charge < -0.3 is 14.6 Å². The van der Waals surface area contributed by atoms with Gasteiger partial charge in [0, 0.05) is 11.8 Å². The van der Waals surface area contributed by atoms with E-state index in [9.17, 15) is 14.7 Å². The average Bonchev–Trinajstić information content (AvgIpc) is 3.09. The number of hydrogen-bond donors (Lipinski definition) is 1. The van der Waals surface area contributed by atoms with Gasteiger partial charge in [0.05, 0.1) is 24.5 Å². The number of allylic oxidation sites excluding steroid dienone is 1. The van der Waals surface area contributed by atoms with Crippen LogP contribution < -0.4 is 0 Å². The van der Waals surface area contributed by atoms with Gasteiger partial charge in [0.1, 0.15) is 5.60 Å². The fourth-order valence-electron chi connectivity index (χ4n) is 8.45. The Balaban J connectivity index is 1.74. The number of carbonyl (C=O) groups excluding carboxylic acids is 2. The molecule has 0 aromatic carbocycles. The zero-order valence-corrected chi connectivity index (χ0v) is 16.5. The number of esters is 2. The van der Waals surface area contributed by atoms with Crippen LogP contribution in [0.4, 0.5) is 0 Å². The van der Waals surface area contributed by atoms with Crippen LogP contribution in [0, 0.1) is 34.0 Å². The summed E-state index contributed by atoms with van der Waals surface area (Å²) < 4.78 is 11.5. The van der Waals surface area contributed by atoms with Crippen molar-refractivity contribution in [2.24, 2.45) is 34.0 Å². The standard InChI is InChI=1S/C22H30O5/c1-5-20-8-6-13-21(11-20,10-12(20)2)15(17(24)26-4)16-19(3)14(23)7-9-22(13,16)27-18(19)25/h13-16,23H,2,5-11H2,1,3-4H3/t13-,14+,15-,16-,19+,20-,21+,22-/m1/s1. The highest BCUT2D eigenvalue weighted by Gasteiger charge is 2.84. The third-order valence-corrected chi connectivity index (χ3v) is 9.64. The maximum absolute atomic E-state index is 13.2. The van der Waals surface area contributed by atoms with Gasteiger partial charge in [0.15, 0.2) is 0 Å². The molecule has 1 spiro atoms. The monoisotopic (exact) mass is 374 g/mol. The molecule has 5 aliphatic rings. The number of aliphatic hydroxyl groups is 1. The summed E-state index contributed by atoms with van der Waals surface area (Å²) in [6, 6.07) is 0. The predicted molar refractivity (Wildman–Crippen MR) is 97.4 cm³/mol. The molecule has 5 nitrogen and oxygen atoms in total. The molecule has 5 fully saturated rings. The van der Waals surface area contributed by atoms with Crippen LogP contribution in [0.1, 0.15) is 58.8 Å². The van der Waals surface area contributed by atoms with Crippen LogP contribution in [-0.4, -0.2) is 35.9 Å². The van der Waals surface area contributed by atoms with Gasteiger partial charge >= 0.3 is 11.9 Å². The predicted octanol–water partition coefficient (Wildman–Crippen LogP) is 3.00. The lowest BCUT2D eigenvalue weighted by molar-refractivity contribution is -0.164. The van der Waals surface area contributed by atoms with E-state index in [-0.39, 0.29) is 34.6 Å². The highest BCUT2D eigenvalue weighted by Crippen LogP contribution is 2.80. The first-order chi connectivity index (χ1) is 12.7. The largest absolute Gasteiger partial charge is 0.469 e. The maximum Gasteiger partial charge on any atom is 0.315 e. The van der Waals surface area contributed by atoms with Crippen molar-refractivity contribution in [2.75, 3.05) is 7.11 Å². The third-order valence-electron chi connectivity index (χ3n) is 9.64. The van der Waals surface area contributed by atoms with E-state index in [1.165, 1.54) is 12.7 Å². The molecule has 4 saturated carbocycles. The van der Waals surface area contributed by atoms with Crippen molar-refractivity contribution in [1.82, 2.24) is 0 Å². The van der Waals surface area contributed by atoms with Crippen molar-refractivity contribution in [3.63, 3.8) is 0 Å². The second-order valence-electron chi connectivity index (χ2n) is 10.1. The molecule has 5 rings (SSSR count). The summed E-state index contributed by atoms with van der Waals surface area (Å²) in [7, 11) is 1.44. The lowest BCUT2D eigenvalue weighted by Gasteiger charge is -2.47. The first kappa shape index (κ1) is 17.7. The number of methoxy groups -OCH3 is 1. The molecule has 0 aromatic heterocycles. The van der Waals surface area contributed by atoms with E-state index in [0.29, 0.717) is 12.8 Å². The van der Waals surface area contributed by atoms with E-state index in [1.54, 1.807) is 0 Å². The molecule has 4 bridgehead atoms. The maximum atomic E-state index is 13.2. The number of ether oxygens (including phenoxy) is 2. The van der Waals surface area contributed by atoms with Gasteiger partial charge in [0.2, 0.25) is 0 Å². The second kappa shape index (κ2) is 4.97. The van der Waals surface area contributed by atoms with E-state index >= 15 is 0 Å². The molecule has 4 aliphatic carbocycles. The van der Waals surface area contributed by atoms with Gasteiger partial charge in [-0.1, -0.05) is 19.1 Å². The van der Waals surface area contributed by atoms with Crippen molar-refractivity contribution < 1.29 is 24.2 Å². The topological polar surface area (TPSA) is 72.8 Å². The van der Waals surface area contributed by atoms with Gasteiger partial charge in [-0.3, -0.25) is 9.59 Å². The number of carbonyl (C=O) groups is 2. The molecule has 1 saturated heterocycles. The van der Waals surface area contributed by atoms with Crippen LogP contribution in [-0.2, 0) is 19.1 Å². The van der Waals surface area contributed by atoms with E-state index in [0.717, 1.165) is 32.1 Å². The quantitative estimate of drug-likeness (QED) is 0.594. The summed E-state index contributed by atoms with van der Waals surface area (Å²) in [6.45, 7) is 8.46. The molecule has 0 amide bonds. The lowest BCUT2D eigenvalue weighted by atomic mass is 9.59. The smallest absolute Gasteiger partial charge is 0.315 e. The molecule has 148 valence electrons. The zero-order chi connectivity index (χ0) is 19.4. The minimum atomic E-state index is -1.03. The normalized spacial score (nSPS) is 55.1. The third kappa shape index (κ3) is 1.64. The molecule has 27 heavy (non-hydrogen) atoms. The Morgan fingerprint density at radius 2 is 2.11 bits per heavy atom. The second-order valence-corrected chi connectivity index (χ2v) is 10.1. The summed E-state index contributed by atoms with van der Waals surface area (Å²) >= 11 is 0. The van der Waals surface area contributed by atoms with Crippen LogP contribution in [0.15, 0.2) is 12.2 Å². The number of rotatable bonds is 2. The Morgan fingerprint density at radius 1 is 1.37 bits per heavy atom. The highest BCUT2D eigenvalue weighted by atomic mass is 16.6. The summed E-state index contributed by atoms with van der Waals surface area (Å²) in [6.07, 6.45) is 5.21. The van der Waals surface area contributed by atoms with E-state index in [1.807, 2.05) is 6.92 Å². The van der Waals surface area contributed by atoms with Crippen LogP contribution in [0.3, 0.4) is 0 Å². The SMILES string of the molecule is C=C1C[C@]23C[C@@]1(CC)CC[C@H]2[C@@]12CC[C@H](O)[C@](C)(C(=O)O1)[C@H]2[C@@H]3C(=O)OC. The summed E-state index contributed by atoms with van der Waals surface area (Å²) in [4.78, 5) is 26.1. The Morgan fingerprint density at radius 3 is 2.78 bits per heavy atom. The summed E-state index contributed by atoms with van der Waals surface area (Å²) in [5, 5.41) is 10.8. The van der Waals surface area contributed by atoms with Crippen LogP contribution in [0.25, 0.3) is 0 Å². The van der Waals surface area contributed by atoms with Crippen molar-refractivity contribution in [2.45, 2.75) is 70.5 Å². The van der Waals surface area contributed by atoms with Gasteiger partial charge in [0.25, 0.3) is 0 Å². The minimum Gasteiger partial charge on any atom is -0.469 e. The van der Waals surface area contributed by atoms with Crippen molar-refractivity contribution >= 4 is 11.9 Å². The summed E-state index contributed by atoms with van der Waals surface area (Å²) in [5.41, 5.74) is -0.564. The molecule has 5 heteroatoms. The Hall–Kier alpha value is -1.36. The molecule has 8 atom stereocenters. The highest BCUT2D eigenvalue weighted by molar-refractivity contribution is 5.85. The van der Waals surface area contributed by atoms with E-state index in [2.05, 4.69) is 13.5 Å². The molecular weight excluding hydrogens is 344 g/mol. The van der Waals surface area contributed by atoms with Crippen molar-refractivity contribution in [1.29, 1.82) is 0 Å². The van der Waals surface area contributed by atoms with Gasteiger partial charge in [-0.25, -0.2) is 0 Å². The fourth-order valence-corrected chi connectivity index (χ4v) is 8.45. The van der Waals surface area contributed by atoms with Gasteiger partial charge in [-0.15, -0.1) is 0 Å². The van der Waals surface area contributed by atoms with E-state index < -0.39 is 23.0 Å². The van der Waals surface area contributed by atoms with Gasteiger partial charge in [-0.2, -0.15) is 0 Å². The van der Waals surface area contributed by atoms with Crippen LogP contribution in [0.5, 0.6) is 0 Å². The Bertz CT molecular complexity index is 760. The number of hydrogen-bond acceptors (Lipinski definition) is 5. The van der Waals surface area contributed by atoms with Crippen molar-refractivity contribution in [3.05, 3.63) is 12.2 Å². The Labute approximate surface area is 160 Å². The molecule has 1 heterocycles. The number of aliphatic hydroxyl groups excluding tert-OH is 1. The van der Waals surface area contributed by atoms with Crippen LogP contribution in [0.2, 0.25) is 0 Å². The number of fused-ring (bicyclic) bond motifs is 1. The average molecular weight is 374 g/mol. The molecule has 0 radical (unpaired) electrons. The van der Waals surface area contributed by atoms with E-state index in [4.69, 9.17) is 9.47 Å². The molecular formula is C22H30O5. The van der Waals surface area contributed by atoms with Crippen LogP contribution >= 0.6 is 0 Å². The van der Waals surface area contributed by atoms with Crippen molar-refractivity contribution in [3.8, 4) is 0 Å². The lowest BCUT2D eigenvalue weighted by Crippen LogP contribution is -2.53. The summed E-state index contributed by atoms with van der Waals surface area (Å²) in [5.74, 6) is -1.14. The molecule has 0 aromatic rings. The molecule has 0 unspecified atom stereocenters.